The predicted octanol–water partition coefficient (Wildman–Crippen LogP) is 3.33. The van der Waals surface area contributed by atoms with Crippen molar-refractivity contribution < 1.29 is 18.6 Å². The van der Waals surface area contributed by atoms with Crippen LogP contribution in [-0.2, 0) is 6.42 Å². The maximum atomic E-state index is 5.82. The lowest BCUT2D eigenvalue weighted by molar-refractivity contribution is 0.326. The van der Waals surface area contributed by atoms with Crippen LogP contribution in [0, 0.1) is 6.92 Å². The van der Waals surface area contributed by atoms with E-state index in [9.17, 15) is 0 Å². The fourth-order valence-corrected chi connectivity index (χ4v) is 2.26. The van der Waals surface area contributed by atoms with Gasteiger partial charge in [0.25, 0.3) is 0 Å². The molecule has 0 unspecified atom stereocenters. The van der Waals surface area contributed by atoms with Gasteiger partial charge in [-0.3, -0.25) is 0 Å². The lowest BCUT2D eigenvalue weighted by Crippen LogP contribution is -1.95. The van der Waals surface area contributed by atoms with Gasteiger partial charge in [0.1, 0.15) is 11.3 Å². The van der Waals surface area contributed by atoms with Crippen molar-refractivity contribution in [2.45, 2.75) is 20.3 Å². The molecule has 0 amide bonds. The van der Waals surface area contributed by atoms with Crippen molar-refractivity contribution in [2.75, 3.05) is 21.3 Å². The van der Waals surface area contributed by atoms with Crippen LogP contribution in [0.15, 0.2) is 10.5 Å². The standard InChI is InChI=1S/C14H18O4/c1-6-9-8(2)12-10(18-9)7-11(15-3)13(16-4)14(12)17-5/h7H,6H2,1-5H3. The average Bonchev–Trinajstić information content (AvgIpc) is 2.72. The summed E-state index contributed by atoms with van der Waals surface area (Å²) in [5.74, 6) is 2.82. The second-order valence-electron chi connectivity index (χ2n) is 4.02. The van der Waals surface area contributed by atoms with Gasteiger partial charge in [0.15, 0.2) is 11.5 Å². The van der Waals surface area contributed by atoms with Gasteiger partial charge in [-0.15, -0.1) is 0 Å². The van der Waals surface area contributed by atoms with E-state index in [2.05, 4.69) is 6.92 Å². The zero-order valence-electron chi connectivity index (χ0n) is 11.4. The maximum absolute atomic E-state index is 5.82. The molecule has 0 spiro atoms. The Labute approximate surface area is 106 Å². The first-order chi connectivity index (χ1) is 8.67. The molecule has 1 heterocycles. The number of rotatable bonds is 4. The molecule has 98 valence electrons. The molecule has 4 nitrogen and oxygen atoms in total. The van der Waals surface area contributed by atoms with Crippen LogP contribution < -0.4 is 14.2 Å². The van der Waals surface area contributed by atoms with Crippen molar-refractivity contribution >= 4 is 11.0 Å². The highest BCUT2D eigenvalue weighted by atomic mass is 16.5. The molecule has 0 aliphatic carbocycles. The molecule has 0 atom stereocenters. The number of methoxy groups -OCH3 is 3. The Morgan fingerprint density at radius 3 is 2.22 bits per heavy atom. The van der Waals surface area contributed by atoms with Crippen LogP contribution in [0.1, 0.15) is 18.2 Å². The SMILES string of the molecule is CCc1oc2cc(OC)c(OC)c(OC)c2c1C. The first kappa shape index (κ1) is 12.6. The summed E-state index contributed by atoms with van der Waals surface area (Å²) >= 11 is 0. The topological polar surface area (TPSA) is 40.8 Å². The molecule has 18 heavy (non-hydrogen) atoms. The quantitative estimate of drug-likeness (QED) is 0.834. The summed E-state index contributed by atoms with van der Waals surface area (Å²) in [4.78, 5) is 0. The summed E-state index contributed by atoms with van der Waals surface area (Å²) in [6.45, 7) is 4.09. The molecule has 4 heteroatoms. The van der Waals surface area contributed by atoms with E-state index >= 15 is 0 Å². The molecule has 0 N–H and O–H groups in total. The van der Waals surface area contributed by atoms with E-state index in [1.54, 1.807) is 21.3 Å². The average molecular weight is 250 g/mol. The molecule has 0 bridgehead atoms. The first-order valence-corrected chi connectivity index (χ1v) is 5.88. The zero-order chi connectivity index (χ0) is 13.3. The molecule has 0 fully saturated rings. The van der Waals surface area contributed by atoms with Gasteiger partial charge in [-0.2, -0.15) is 0 Å². The van der Waals surface area contributed by atoms with Gasteiger partial charge >= 0.3 is 0 Å². The largest absolute Gasteiger partial charge is 0.493 e. The molecule has 1 aromatic carbocycles. The van der Waals surface area contributed by atoms with E-state index in [-0.39, 0.29) is 0 Å². The number of furan rings is 1. The van der Waals surface area contributed by atoms with Crippen molar-refractivity contribution in [1.82, 2.24) is 0 Å². The van der Waals surface area contributed by atoms with Crippen LogP contribution in [0.3, 0.4) is 0 Å². The number of benzene rings is 1. The fourth-order valence-electron chi connectivity index (χ4n) is 2.26. The van der Waals surface area contributed by atoms with E-state index in [1.807, 2.05) is 13.0 Å². The summed E-state index contributed by atoms with van der Waals surface area (Å²) in [5, 5.41) is 0.951. The Hall–Kier alpha value is -1.84. The Morgan fingerprint density at radius 1 is 1.06 bits per heavy atom. The smallest absolute Gasteiger partial charge is 0.204 e. The normalized spacial score (nSPS) is 10.7. The molecule has 2 rings (SSSR count). The maximum Gasteiger partial charge on any atom is 0.204 e. The molecule has 2 aromatic rings. The molecular formula is C14H18O4. The summed E-state index contributed by atoms with van der Waals surface area (Å²) in [5.41, 5.74) is 1.85. The van der Waals surface area contributed by atoms with Gasteiger partial charge in [0.2, 0.25) is 5.75 Å². The van der Waals surface area contributed by atoms with E-state index in [0.717, 1.165) is 28.7 Å². The highest BCUT2D eigenvalue weighted by Crippen LogP contribution is 2.46. The zero-order valence-corrected chi connectivity index (χ0v) is 11.4. The van der Waals surface area contributed by atoms with Crippen LogP contribution in [0.2, 0.25) is 0 Å². The van der Waals surface area contributed by atoms with Crippen LogP contribution in [0.4, 0.5) is 0 Å². The van der Waals surface area contributed by atoms with E-state index in [0.29, 0.717) is 17.2 Å². The molecule has 0 aliphatic rings. The Bertz CT molecular complexity index is 569. The van der Waals surface area contributed by atoms with Gasteiger partial charge < -0.3 is 18.6 Å². The minimum atomic E-state index is 0.596. The lowest BCUT2D eigenvalue weighted by atomic mass is 10.1. The summed E-state index contributed by atoms with van der Waals surface area (Å²) in [6, 6.07) is 1.84. The molecule has 1 aromatic heterocycles. The fraction of sp³-hybridized carbons (Fsp3) is 0.429. The van der Waals surface area contributed by atoms with Crippen LogP contribution in [-0.4, -0.2) is 21.3 Å². The van der Waals surface area contributed by atoms with Crippen molar-refractivity contribution in [3.8, 4) is 17.2 Å². The number of ether oxygens (including phenoxy) is 3. The summed E-state index contributed by atoms with van der Waals surface area (Å²) < 4.78 is 22.0. The third-order valence-corrected chi connectivity index (χ3v) is 3.14. The number of hydrogen-bond acceptors (Lipinski definition) is 4. The van der Waals surface area contributed by atoms with Crippen LogP contribution in [0.5, 0.6) is 17.2 Å². The lowest BCUT2D eigenvalue weighted by Gasteiger charge is -2.12. The highest BCUT2D eigenvalue weighted by Gasteiger charge is 2.21. The third-order valence-electron chi connectivity index (χ3n) is 3.14. The van der Waals surface area contributed by atoms with Gasteiger partial charge in [0, 0.05) is 18.1 Å². The minimum absolute atomic E-state index is 0.596. The Kier molecular flexibility index (Phi) is 3.36. The van der Waals surface area contributed by atoms with E-state index in [4.69, 9.17) is 18.6 Å². The molecule has 0 saturated carbocycles. The second kappa shape index (κ2) is 4.80. The van der Waals surface area contributed by atoms with Crippen LogP contribution in [0.25, 0.3) is 11.0 Å². The Balaban J connectivity index is 2.86. The van der Waals surface area contributed by atoms with Crippen molar-refractivity contribution in [3.05, 3.63) is 17.4 Å². The minimum Gasteiger partial charge on any atom is -0.493 e. The second-order valence-corrected chi connectivity index (χ2v) is 4.02. The third kappa shape index (κ3) is 1.68. The van der Waals surface area contributed by atoms with Gasteiger partial charge in [-0.05, 0) is 6.92 Å². The van der Waals surface area contributed by atoms with Gasteiger partial charge in [-0.1, -0.05) is 6.92 Å². The van der Waals surface area contributed by atoms with Crippen LogP contribution >= 0.6 is 0 Å². The summed E-state index contributed by atoms with van der Waals surface area (Å²) in [6.07, 6.45) is 0.842. The van der Waals surface area contributed by atoms with Gasteiger partial charge in [0.05, 0.1) is 26.7 Å². The summed E-state index contributed by atoms with van der Waals surface area (Å²) in [7, 11) is 4.82. The van der Waals surface area contributed by atoms with E-state index in [1.165, 1.54) is 0 Å². The van der Waals surface area contributed by atoms with Crippen molar-refractivity contribution in [2.24, 2.45) is 0 Å². The molecular weight excluding hydrogens is 232 g/mol. The molecule has 0 saturated heterocycles. The predicted molar refractivity (Wildman–Crippen MR) is 70.0 cm³/mol. The number of fused-ring (bicyclic) bond motifs is 1. The monoisotopic (exact) mass is 250 g/mol. The Morgan fingerprint density at radius 2 is 1.72 bits per heavy atom. The molecule has 0 radical (unpaired) electrons. The number of hydrogen-bond donors (Lipinski definition) is 0. The van der Waals surface area contributed by atoms with E-state index < -0.39 is 0 Å². The first-order valence-electron chi connectivity index (χ1n) is 5.88. The molecule has 0 aliphatic heterocycles. The van der Waals surface area contributed by atoms with Crippen molar-refractivity contribution in [1.29, 1.82) is 0 Å². The highest BCUT2D eigenvalue weighted by molar-refractivity contribution is 5.93. The van der Waals surface area contributed by atoms with Gasteiger partial charge in [-0.25, -0.2) is 0 Å². The van der Waals surface area contributed by atoms with Crippen molar-refractivity contribution in [3.63, 3.8) is 0 Å². The number of aryl methyl sites for hydroxylation is 2.